The van der Waals surface area contributed by atoms with Crippen molar-refractivity contribution in [1.82, 2.24) is 0 Å². The summed E-state index contributed by atoms with van der Waals surface area (Å²) in [6, 6.07) is 9.03. The Hall–Kier alpha value is -2.01. The van der Waals surface area contributed by atoms with E-state index in [1.54, 1.807) is 36.5 Å². The van der Waals surface area contributed by atoms with E-state index in [4.69, 9.17) is 15.2 Å². The molecule has 0 saturated heterocycles. The lowest BCUT2D eigenvalue weighted by Gasteiger charge is -2.09. The van der Waals surface area contributed by atoms with E-state index in [-0.39, 0.29) is 5.97 Å². The van der Waals surface area contributed by atoms with E-state index in [0.717, 1.165) is 6.42 Å². The van der Waals surface area contributed by atoms with Crippen molar-refractivity contribution in [1.29, 1.82) is 0 Å². The molecule has 0 amide bonds. The molecule has 0 aliphatic heterocycles. The number of hydrogen-bond donors (Lipinski definition) is 1. The summed E-state index contributed by atoms with van der Waals surface area (Å²) in [5.41, 5.74) is 6.77. The fourth-order valence-electron chi connectivity index (χ4n) is 1.74. The average molecular weight is 291 g/mol. The molecular formula is C15H17NO3S. The van der Waals surface area contributed by atoms with E-state index in [1.165, 1.54) is 4.88 Å². The number of nitrogens with two attached hydrogens (primary N) is 1. The molecule has 2 rings (SSSR count). The second kappa shape index (κ2) is 6.96. The number of benzene rings is 1. The van der Waals surface area contributed by atoms with Gasteiger partial charge in [0.05, 0.1) is 24.5 Å². The molecule has 0 bridgehead atoms. The zero-order valence-corrected chi connectivity index (χ0v) is 12.1. The lowest BCUT2D eigenvalue weighted by Crippen LogP contribution is -2.07. The fraction of sp³-hybridized carbons (Fsp3) is 0.267. The quantitative estimate of drug-likeness (QED) is 0.656. The van der Waals surface area contributed by atoms with Crippen LogP contribution in [0.4, 0.5) is 5.69 Å². The fourth-order valence-corrected chi connectivity index (χ4v) is 2.43. The van der Waals surface area contributed by atoms with Crippen LogP contribution >= 0.6 is 11.3 Å². The van der Waals surface area contributed by atoms with Gasteiger partial charge in [-0.25, -0.2) is 4.79 Å². The van der Waals surface area contributed by atoms with Gasteiger partial charge in [0.15, 0.2) is 0 Å². The average Bonchev–Trinajstić information content (AvgIpc) is 2.94. The summed E-state index contributed by atoms with van der Waals surface area (Å²) in [4.78, 5) is 12.8. The maximum Gasteiger partial charge on any atom is 0.338 e. The van der Waals surface area contributed by atoms with Gasteiger partial charge in [-0.15, -0.1) is 11.3 Å². The maximum absolute atomic E-state index is 11.6. The van der Waals surface area contributed by atoms with Crippen LogP contribution in [0.25, 0.3) is 0 Å². The van der Waals surface area contributed by atoms with E-state index in [1.807, 2.05) is 11.4 Å². The first-order valence-corrected chi connectivity index (χ1v) is 7.30. The number of hydrogen-bond acceptors (Lipinski definition) is 5. The van der Waals surface area contributed by atoms with Gasteiger partial charge in [0.1, 0.15) is 5.75 Å². The molecule has 0 radical (unpaired) electrons. The molecule has 0 fully saturated rings. The van der Waals surface area contributed by atoms with E-state index in [9.17, 15) is 4.79 Å². The number of carbonyl (C=O) groups excluding carboxylic acids is 1. The molecule has 0 saturated carbocycles. The number of rotatable bonds is 6. The van der Waals surface area contributed by atoms with Gasteiger partial charge < -0.3 is 15.2 Å². The third-order valence-corrected chi connectivity index (χ3v) is 3.64. The minimum absolute atomic E-state index is 0.345. The predicted octanol–water partition coefficient (Wildman–Crippen LogP) is 3.13. The monoisotopic (exact) mass is 291 g/mol. The van der Waals surface area contributed by atoms with Crippen molar-refractivity contribution in [3.63, 3.8) is 0 Å². The van der Waals surface area contributed by atoms with E-state index in [0.29, 0.717) is 30.2 Å². The first-order chi connectivity index (χ1) is 9.70. The number of thiophene rings is 1. The smallest absolute Gasteiger partial charge is 0.338 e. The first kappa shape index (κ1) is 14.4. The summed E-state index contributed by atoms with van der Waals surface area (Å²) >= 11 is 1.70. The molecule has 106 valence electrons. The van der Waals surface area contributed by atoms with Crippen molar-refractivity contribution in [2.75, 3.05) is 18.9 Å². The van der Waals surface area contributed by atoms with Crippen LogP contribution < -0.4 is 10.5 Å². The molecule has 0 aliphatic rings. The Morgan fingerprint density at radius 2 is 2.20 bits per heavy atom. The van der Waals surface area contributed by atoms with Crippen LogP contribution in [-0.2, 0) is 11.2 Å². The van der Waals surface area contributed by atoms with Gasteiger partial charge >= 0.3 is 5.97 Å². The molecule has 0 atom stereocenters. The van der Waals surface area contributed by atoms with Gasteiger partial charge in [0.25, 0.3) is 0 Å². The largest absolute Gasteiger partial charge is 0.491 e. The van der Waals surface area contributed by atoms with E-state index >= 15 is 0 Å². The lowest BCUT2D eigenvalue weighted by atomic mass is 10.2. The Morgan fingerprint density at radius 3 is 2.85 bits per heavy atom. The Morgan fingerprint density at radius 1 is 1.35 bits per heavy atom. The minimum Gasteiger partial charge on any atom is -0.491 e. The van der Waals surface area contributed by atoms with Crippen LogP contribution in [0.3, 0.4) is 0 Å². The van der Waals surface area contributed by atoms with E-state index in [2.05, 4.69) is 6.07 Å². The molecule has 0 unspecified atom stereocenters. The molecule has 0 aliphatic carbocycles. The molecule has 1 heterocycles. The summed E-state index contributed by atoms with van der Waals surface area (Å²) in [7, 11) is 0. The Kier molecular flexibility index (Phi) is 5.01. The Balaban J connectivity index is 1.93. The highest BCUT2D eigenvalue weighted by atomic mass is 32.1. The molecule has 20 heavy (non-hydrogen) atoms. The Labute approximate surface area is 122 Å². The van der Waals surface area contributed by atoms with Crippen molar-refractivity contribution < 1.29 is 14.3 Å². The SMILES string of the molecule is CCOC(=O)c1ccc(OCCc2cccs2)c(N)c1. The summed E-state index contributed by atoms with van der Waals surface area (Å²) in [5.74, 6) is 0.221. The van der Waals surface area contributed by atoms with Crippen molar-refractivity contribution >= 4 is 23.0 Å². The molecule has 5 heteroatoms. The van der Waals surface area contributed by atoms with Crippen LogP contribution in [0.5, 0.6) is 5.75 Å². The number of esters is 1. The molecule has 2 aromatic rings. The summed E-state index contributed by atoms with van der Waals surface area (Å²) in [5, 5.41) is 2.04. The third-order valence-electron chi connectivity index (χ3n) is 2.71. The molecule has 0 spiro atoms. The minimum atomic E-state index is -0.371. The van der Waals surface area contributed by atoms with Gasteiger partial charge in [-0.05, 0) is 36.6 Å². The molecule has 1 aromatic carbocycles. The second-order valence-electron chi connectivity index (χ2n) is 4.15. The topological polar surface area (TPSA) is 61.5 Å². The van der Waals surface area contributed by atoms with Crippen LogP contribution in [0, 0.1) is 0 Å². The number of nitrogen functional groups attached to an aromatic ring is 1. The van der Waals surface area contributed by atoms with Gasteiger partial charge in [-0.3, -0.25) is 0 Å². The standard InChI is InChI=1S/C15H17NO3S/c1-2-18-15(17)11-5-6-14(13(16)10-11)19-8-7-12-4-3-9-20-12/h3-6,9-10H,2,7-8,16H2,1H3. The summed E-state index contributed by atoms with van der Waals surface area (Å²) in [6.07, 6.45) is 0.844. The summed E-state index contributed by atoms with van der Waals surface area (Å²) < 4.78 is 10.6. The van der Waals surface area contributed by atoms with Crippen molar-refractivity contribution in [2.45, 2.75) is 13.3 Å². The normalized spacial score (nSPS) is 10.2. The first-order valence-electron chi connectivity index (χ1n) is 6.42. The van der Waals surface area contributed by atoms with Crippen LogP contribution in [-0.4, -0.2) is 19.2 Å². The maximum atomic E-state index is 11.6. The molecule has 4 nitrogen and oxygen atoms in total. The third kappa shape index (κ3) is 3.74. The molecular weight excluding hydrogens is 274 g/mol. The summed E-state index contributed by atoms with van der Waals surface area (Å²) in [6.45, 7) is 2.67. The zero-order valence-electron chi connectivity index (χ0n) is 11.3. The second-order valence-corrected chi connectivity index (χ2v) is 5.18. The molecule has 2 N–H and O–H groups in total. The van der Waals surface area contributed by atoms with Crippen LogP contribution in [0.2, 0.25) is 0 Å². The van der Waals surface area contributed by atoms with Crippen molar-refractivity contribution in [3.05, 3.63) is 46.2 Å². The van der Waals surface area contributed by atoms with Crippen molar-refractivity contribution in [3.8, 4) is 5.75 Å². The van der Waals surface area contributed by atoms with Crippen LogP contribution in [0.1, 0.15) is 22.2 Å². The highest BCUT2D eigenvalue weighted by Crippen LogP contribution is 2.23. The van der Waals surface area contributed by atoms with Crippen molar-refractivity contribution in [2.24, 2.45) is 0 Å². The highest BCUT2D eigenvalue weighted by Gasteiger charge is 2.09. The van der Waals surface area contributed by atoms with Crippen LogP contribution in [0.15, 0.2) is 35.7 Å². The highest BCUT2D eigenvalue weighted by molar-refractivity contribution is 7.09. The van der Waals surface area contributed by atoms with E-state index < -0.39 is 0 Å². The Bertz CT molecular complexity index is 567. The molecule has 1 aromatic heterocycles. The number of ether oxygens (including phenoxy) is 2. The van der Waals surface area contributed by atoms with Gasteiger partial charge in [-0.2, -0.15) is 0 Å². The zero-order chi connectivity index (χ0) is 14.4. The predicted molar refractivity (Wildman–Crippen MR) is 80.3 cm³/mol. The number of anilines is 1. The van der Waals surface area contributed by atoms with Gasteiger partial charge in [-0.1, -0.05) is 6.07 Å². The lowest BCUT2D eigenvalue weighted by molar-refractivity contribution is 0.0526. The number of carbonyl (C=O) groups is 1. The van der Waals surface area contributed by atoms with Gasteiger partial charge in [0, 0.05) is 11.3 Å². The van der Waals surface area contributed by atoms with Gasteiger partial charge in [0.2, 0.25) is 0 Å².